The molecule has 3 aromatic carbocycles. The van der Waals surface area contributed by atoms with E-state index in [1.165, 1.54) is 17.0 Å². The van der Waals surface area contributed by atoms with Crippen LogP contribution in [0, 0.1) is 0 Å². The Morgan fingerprint density at radius 1 is 1.00 bits per heavy atom. The molecule has 0 spiro atoms. The SMILES string of the molecule is O=C(Cn1cnc2ccccc2c1=O)OCCN(C1=NS(=O)(=O)c2ccccc21)c1ccccc1Cl. The average Bonchev–Trinajstić information content (AvgIpc) is 3.15. The van der Waals surface area contributed by atoms with E-state index >= 15 is 0 Å². The van der Waals surface area contributed by atoms with Crippen LogP contribution in [-0.2, 0) is 26.1 Å². The Labute approximate surface area is 211 Å². The summed E-state index contributed by atoms with van der Waals surface area (Å²) in [6.07, 6.45) is 1.30. The zero-order chi connectivity index (χ0) is 25.3. The normalized spacial score (nSPS) is 13.8. The summed E-state index contributed by atoms with van der Waals surface area (Å²) in [5.41, 5.74) is 1.13. The number of benzene rings is 3. The van der Waals surface area contributed by atoms with Gasteiger partial charge in [-0.2, -0.15) is 8.42 Å². The van der Waals surface area contributed by atoms with Crippen LogP contribution in [0.5, 0.6) is 0 Å². The minimum atomic E-state index is -3.87. The summed E-state index contributed by atoms with van der Waals surface area (Å²) in [6.45, 7) is -0.356. The Bertz CT molecular complexity index is 1680. The lowest BCUT2D eigenvalue weighted by Crippen LogP contribution is -2.35. The van der Waals surface area contributed by atoms with E-state index < -0.39 is 16.0 Å². The van der Waals surface area contributed by atoms with Crippen molar-refractivity contribution in [1.29, 1.82) is 0 Å². The number of carbonyl (C=O) groups excluding carboxylic acids is 1. The number of esters is 1. The number of ether oxygens (including phenoxy) is 1. The highest BCUT2D eigenvalue weighted by molar-refractivity contribution is 7.90. The van der Waals surface area contributed by atoms with E-state index in [9.17, 15) is 18.0 Å². The lowest BCUT2D eigenvalue weighted by molar-refractivity contribution is -0.144. The number of hydrogen-bond donors (Lipinski definition) is 0. The maximum absolute atomic E-state index is 12.6. The van der Waals surface area contributed by atoms with Crippen molar-refractivity contribution in [1.82, 2.24) is 9.55 Å². The van der Waals surface area contributed by atoms with Gasteiger partial charge in [0.2, 0.25) is 0 Å². The van der Waals surface area contributed by atoms with E-state index in [2.05, 4.69) is 9.38 Å². The Balaban J connectivity index is 1.36. The summed E-state index contributed by atoms with van der Waals surface area (Å²) < 4.78 is 35.8. The molecule has 0 unspecified atom stereocenters. The molecule has 1 aliphatic rings. The Morgan fingerprint density at radius 3 is 2.56 bits per heavy atom. The van der Waals surface area contributed by atoms with Gasteiger partial charge >= 0.3 is 5.97 Å². The number of amidine groups is 1. The maximum atomic E-state index is 12.6. The van der Waals surface area contributed by atoms with Crippen molar-refractivity contribution in [2.24, 2.45) is 4.40 Å². The molecule has 9 nitrogen and oxygen atoms in total. The van der Waals surface area contributed by atoms with Gasteiger partial charge in [-0.05, 0) is 36.4 Å². The number of anilines is 1. The van der Waals surface area contributed by atoms with E-state index in [0.29, 0.717) is 27.2 Å². The molecule has 11 heteroatoms. The summed E-state index contributed by atoms with van der Waals surface area (Å²) in [6, 6.07) is 20.2. The molecule has 1 aromatic heterocycles. The molecule has 0 saturated carbocycles. The largest absolute Gasteiger partial charge is 0.462 e. The molecule has 182 valence electrons. The van der Waals surface area contributed by atoms with Crippen LogP contribution in [0.1, 0.15) is 5.56 Å². The predicted octanol–water partition coefficient (Wildman–Crippen LogP) is 3.25. The second-order valence-electron chi connectivity index (χ2n) is 7.90. The molecule has 0 aliphatic carbocycles. The fraction of sp³-hybridized carbons (Fsp3) is 0.120. The van der Waals surface area contributed by atoms with Crippen molar-refractivity contribution < 1.29 is 17.9 Å². The average molecular weight is 523 g/mol. The van der Waals surface area contributed by atoms with E-state index in [4.69, 9.17) is 16.3 Å². The molecule has 36 heavy (non-hydrogen) atoms. The molecule has 0 amide bonds. The third-order valence-electron chi connectivity index (χ3n) is 5.62. The van der Waals surface area contributed by atoms with Crippen LogP contribution in [-0.4, -0.2) is 42.9 Å². The standard InChI is InChI=1S/C25H19ClN4O5S/c26-19-9-3-5-11-21(19)30(24-18-8-2-6-12-22(18)36(33,34)28-24)13-14-35-23(31)15-29-16-27-20-10-4-1-7-17(20)25(29)32/h1-12,16H,13-15H2. The van der Waals surface area contributed by atoms with Crippen molar-refractivity contribution in [3.05, 3.63) is 100 Å². The minimum absolute atomic E-state index is 0.0725. The van der Waals surface area contributed by atoms with Gasteiger partial charge in [-0.3, -0.25) is 14.2 Å². The first kappa shape index (κ1) is 23.7. The molecule has 0 radical (unpaired) electrons. The number of sulfonamides is 1. The van der Waals surface area contributed by atoms with Gasteiger partial charge in [0.25, 0.3) is 15.6 Å². The summed E-state index contributed by atoms with van der Waals surface area (Å²) in [4.78, 5) is 31.1. The van der Waals surface area contributed by atoms with Gasteiger partial charge in [-0.25, -0.2) is 4.98 Å². The van der Waals surface area contributed by atoms with Gasteiger partial charge in [-0.1, -0.05) is 48.0 Å². The zero-order valence-electron chi connectivity index (χ0n) is 18.7. The number of nitrogens with zero attached hydrogens (tertiary/aromatic N) is 4. The quantitative estimate of drug-likeness (QED) is 0.357. The monoisotopic (exact) mass is 522 g/mol. The van der Waals surface area contributed by atoms with Crippen LogP contribution in [0.3, 0.4) is 0 Å². The summed E-state index contributed by atoms with van der Waals surface area (Å²) >= 11 is 6.41. The molecule has 0 N–H and O–H groups in total. The molecule has 4 aromatic rings. The van der Waals surface area contributed by atoms with Crippen LogP contribution in [0.25, 0.3) is 10.9 Å². The second-order valence-corrected chi connectivity index (χ2v) is 9.88. The lowest BCUT2D eigenvalue weighted by atomic mass is 10.1. The van der Waals surface area contributed by atoms with Crippen molar-refractivity contribution >= 4 is 50.0 Å². The Hall–Kier alpha value is -4.02. The first-order valence-electron chi connectivity index (χ1n) is 10.9. The Morgan fingerprint density at radius 2 is 1.72 bits per heavy atom. The number of rotatable bonds is 6. The molecule has 2 heterocycles. The van der Waals surface area contributed by atoms with E-state index in [-0.39, 0.29) is 36.0 Å². The van der Waals surface area contributed by atoms with Crippen LogP contribution >= 0.6 is 11.6 Å². The second kappa shape index (κ2) is 9.56. The smallest absolute Gasteiger partial charge is 0.326 e. The van der Waals surface area contributed by atoms with Crippen LogP contribution in [0.2, 0.25) is 5.02 Å². The molecule has 0 atom stereocenters. The van der Waals surface area contributed by atoms with Crippen molar-refractivity contribution in [2.75, 3.05) is 18.1 Å². The first-order valence-corrected chi connectivity index (χ1v) is 12.7. The van der Waals surface area contributed by atoms with Gasteiger partial charge in [0, 0.05) is 5.56 Å². The highest BCUT2D eigenvalue weighted by Crippen LogP contribution is 2.32. The zero-order valence-corrected chi connectivity index (χ0v) is 20.3. The summed E-state index contributed by atoms with van der Waals surface area (Å²) in [5.74, 6) is -0.459. The third-order valence-corrected chi connectivity index (χ3v) is 7.27. The van der Waals surface area contributed by atoms with Gasteiger partial charge in [0.15, 0.2) is 5.84 Å². The minimum Gasteiger partial charge on any atom is -0.462 e. The number of aromatic nitrogens is 2. The summed E-state index contributed by atoms with van der Waals surface area (Å²) in [7, 11) is -3.87. The maximum Gasteiger partial charge on any atom is 0.326 e. The number of hydrogen-bond acceptors (Lipinski definition) is 7. The van der Waals surface area contributed by atoms with E-state index in [0.717, 1.165) is 0 Å². The van der Waals surface area contributed by atoms with E-state index in [1.807, 2.05) is 0 Å². The van der Waals surface area contributed by atoms with Crippen molar-refractivity contribution in [2.45, 2.75) is 11.4 Å². The molecule has 0 bridgehead atoms. The third kappa shape index (κ3) is 4.48. The molecule has 5 rings (SSSR count). The number of fused-ring (bicyclic) bond motifs is 2. The van der Waals surface area contributed by atoms with Crippen LogP contribution < -0.4 is 10.5 Å². The molecule has 0 saturated heterocycles. The van der Waals surface area contributed by atoms with Gasteiger partial charge < -0.3 is 9.64 Å². The van der Waals surface area contributed by atoms with Gasteiger partial charge in [0.1, 0.15) is 18.0 Å². The molecule has 0 fully saturated rings. The fourth-order valence-corrected chi connectivity index (χ4v) is 5.40. The topological polar surface area (TPSA) is 111 Å². The lowest BCUT2D eigenvalue weighted by Gasteiger charge is -2.25. The number of para-hydroxylation sites is 2. The first-order chi connectivity index (χ1) is 17.3. The molecular weight excluding hydrogens is 504 g/mol. The van der Waals surface area contributed by atoms with Crippen LogP contribution in [0.4, 0.5) is 5.69 Å². The molecular formula is C25H19ClN4O5S. The fourth-order valence-electron chi connectivity index (χ4n) is 3.95. The number of halogens is 1. The van der Waals surface area contributed by atoms with E-state index in [1.54, 1.807) is 71.6 Å². The predicted molar refractivity (Wildman–Crippen MR) is 136 cm³/mol. The van der Waals surface area contributed by atoms with Crippen LogP contribution in [0.15, 0.2) is 93.2 Å². The molecule has 1 aliphatic heterocycles. The highest BCUT2D eigenvalue weighted by atomic mass is 35.5. The highest BCUT2D eigenvalue weighted by Gasteiger charge is 2.32. The van der Waals surface area contributed by atoms with Crippen molar-refractivity contribution in [3.8, 4) is 0 Å². The Kier molecular flexibility index (Phi) is 6.29. The van der Waals surface area contributed by atoms with Crippen molar-refractivity contribution in [3.63, 3.8) is 0 Å². The van der Waals surface area contributed by atoms with Gasteiger partial charge in [-0.15, -0.1) is 4.40 Å². The number of carbonyl (C=O) groups is 1. The van der Waals surface area contributed by atoms with Gasteiger partial charge in [0.05, 0.1) is 34.5 Å². The summed E-state index contributed by atoms with van der Waals surface area (Å²) in [5, 5.41) is 0.777.